The number of aromatic nitrogens is 2. The maximum Gasteiger partial charge on any atom is 0.282 e. The summed E-state index contributed by atoms with van der Waals surface area (Å²) in [4.78, 5) is 18.9. The van der Waals surface area contributed by atoms with Gasteiger partial charge in [0.25, 0.3) is 5.56 Å². The molecule has 0 atom stereocenters. The van der Waals surface area contributed by atoms with Gasteiger partial charge >= 0.3 is 0 Å². The van der Waals surface area contributed by atoms with Gasteiger partial charge in [0.1, 0.15) is 11.6 Å². The smallest absolute Gasteiger partial charge is 0.282 e. The van der Waals surface area contributed by atoms with Gasteiger partial charge in [-0.2, -0.15) is 9.78 Å². The van der Waals surface area contributed by atoms with Crippen LogP contribution in [-0.4, -0.2) is 15.9 Å². The molecule has 0 saturated carbocycles. The van der Waals surface area contributed by atoms with Crippen molar-refractivity contribution in [1.82, 2.24) is 9.66 Å². The standard InChI is InChI=1S/C23H19BrClN3O2S/c1-23(2,3)22-27-19-10-4-14(24)12-18(19)21(29)28(22)26-13-16-7-11-20(30-16)31-17-8-5-15(25)6-9-17/h4-13H,1-3H3. The molecule has 2 heterocycles. The van der Waals surface area contributed by atoms with E-state index in [4.69, 9.17) is 21.0 Å². The highest BCUT2D eigenvalue weighted by Crippen LogP contribution is 2.30. The molecule has 0 radical (unpaired) electrons. The number of hydrogen-bond donors (Lipinski definition) is 0. The first-order valence-corrected chi connectivity index (χ1v) is 11.5. The molecular weight excluding hydrogens is 498 g/mol. The molecule has 4 rings (SSSR count). The second-order valence-electron chi connectivity index (χ2n) is 7.92. The summed E-state index contributed by atoms with van der Waals surface area (Å²) in [6, 6.07) is 16.7. The number of benzene rings is 2. The van der Waals surface area contributed by atoms with Crippen LogP contribution in [0.4, 0.5) is 0 Å². The van der Waals surface area contributed by atoms with Gasteiger partial charge in [0.15, 0.2) is 5.09 Å². The summed E-state index contributed by atoms with van der Waals surface area (Å²) < 4.78 is 8.01. The van der Waals surface area contributed by atoms with Crippen molar-refractivity contribution in [2.75, 3.05) is 0 Å². The molecule has 0 aliphatic rings. The van der Waals surface area contributed by atoms with Crippen molar-refractivity contribution < 1.29 is 4.42 Å². The molecule has 31 heavy (non-hydrogen) atoms. The van der Waals surface area contributed by atoms with Crippen LogP contribution in [0, 0.1) is 0 Å². The van der Waals surface area contributed by atoms with E-state index in [9.17, 15) is 4.79 Å². The SMILES string of the molecule is CC(C)(C)c1nc2ccc(Br)cc2c(=O)n1N=Cc1ccc(Sc2ccc(Cl)cc2)o1. The topological polar surface area (TPSA) is 60.4 Å². The molecular formula is C23H19BrClN3O2S. The molecule has 4 aromatic rings. The van der Waals surface area contributed by atoms with Crippen molar-refractivity contribution in [2.45, 2.75) is 36.2 Å². The lowest BCUT2D eigenvalue weighted by molar-refractivity contribution is 0.467. The van der Waals surface area contributed by atoms with Crippen LogP contribution in [-0.2, 0) is 5.41 Å². The molecule has 0 amide bonds. The van der Waals surface area contributed by atoms with E-state index >= 15 is 0 Å². The fourth-order valence-corrected chi connectivity index (χ4v) is 4.20. The van der Waals surface area contributed by atoms with E-state index in [-0.39, 0.29) is 11.0 Å². The minimum absolute atomic E-state index is 0.227. The van der Waals surface area contributed by atoms with Gasteiger partial charge in [0, 0.05) is 19.8 Å². The second-order valence-corrected chi connectivity index (χ2v) is 10.4. The van der Waals surface area contributed by atoms with Crippen LogP contribution in [0.3, 0.4) is 0 Å². The van der Waals surface area contributed by atoms with Gasteiger partial charge in [-0.25, -0.2) is 4.98 Å². The first-order chi connectivity index (χ1) is 14.7. The summed E-state index contributed by atoms with van der Waals surface area (Å²) in [5, 5.41) is 6.34. The third kappa shape index (κ3) is 4.95. The molecule has 2 aromatic carbocycles. The number of furan rings is 1. The maximum absolute atomic E-state index is 13.2. The Morgan fingerprint density at radius 2 is 1.87 bits per heavy atom. The molecule has 5 nitrogen and oxygen atoms in total. The van der Waals surface area contributed by atoms with Crippen molar-refractivity contribution in [2.24, 2.45) is 5.10 Å². The van der Waals surface area contributed by atoms with Crippen molar-refractivity contribution in [3.63, 3.8) is 0 Å². The van der Waals surface area contributed by atoms with E-state index in [1.807, 2.05) is 69.3 Å². The maximum atomic E-state index is 13.2. The van der Waals surface area contributed by atoms with Gasteiger partial charge in [0.05, 0.1) is 17.1 Å². The molecule has 8 heteroatoms. The molecule has 0 saturated heterocycles. The normalized spacial score (nSPS) is 12.2. The minimum atomic E-state index is -0.378. The summed E-state index contributed by atoms with van der Waals surface area (Å²) in [5.74, 6) is 1.11. The Morgan fingerprint density at radius 1 is 1.13 bits per heavy atom. The molecule has 0 unspecified atom stereocenters. The number of rotatable bonds is 4. The van der Waals surface area contributed by atoms with Crippen LogP contribution in [0.5, 0.6) is 0 Å². The fourth-order valence-electron chi connectivity index (χ4n) is 2.93. The summed E-state index contributed by atoms with van der Waals surface area (Å²) in [5.41, 5.74) is 0.0373. The third-order valence-electron chi connectivity index (χ3n) is 4.41. The highest BCUT2D eigenvalue weighted by molar-refractivity contribution is 9.10. The van der Waals surface area contributed by atoms with E-state index in [0.29, 0.717) is 32.6 Å². The predicted molar refractivity (Wildman–Crippen MR) is 130 cm³/mol. The zero-order chi connectivity index (χ0) is 22.2. The Hall–Kier alpha value is -2.35. The third-order valence-corrected chi connectivity index (χ3v) is 6.09. The summed E-state index contributed by atoms with van der Waals surface area (Å²) >= 11 is 10.8. The largest absolute Gasteiger partial charge is 0.448 e. The first kappa shape index (κ1) is 21.9. The molecule has 0 N–H and O–H groups in total. The molecule has 0 aliphatic heterocycles. The Balaban J connectivity index is 1.69. The van der Waals surface area contributed by atoms with E-state index < -0.39 is 0 Å². The Kier molecular flexibility index (Phi) is 6.10. The summed E-state index contributed by atoms with van der Waals surface area (Å²) in [7, 11) is 0. The molecule has 158 valence electrons. The van der Waals surface area contributed by atoms with Gasteiger partial charge in [-0.1, -0.05) is 60.1 Å². The summed E-state index contributed by atoms with van der Waals surface area (Å²) in [6.07, 6.45) is 1.54. The van der Waals surface area contributed by atoms with Crippen LogP contribution >= 0.6 is 39.3 Å². The highest BCUT2D eigenvalue weighted by atomic mass is 79.9. The lowest BCUT2D eigenvalue weighted by Crippen LogP contribution is -2.29. The number of nitrogens with zero attached hydrogens (tertiary/aromatic N) is 3. The first-order valence-electron chi connectivity index (χ1n) is 9.51. The van der Waals surface area contributed by atoms with Crippen LogP contribution in [0.15, 0.2) is 83.4 Å². The zero-order valence-corrected chi connectivity index (χ0v) is 20.3. The fraction of sp³-hybridized carbons (Fsp3) is 0.174. The lowest BCUT2D eigenvalue weighted by atomic mass is 9.95. The lowest BCUT2D eigenvalue weighted by Gasteiger charge is -2.20. The Labute approximate surface area is 197 Å². The Morgan fingerprint density at radius 3 is 2.58 bits per heavy atom. The van der Waals surface area contributed by atoms with Gasteiger partial charge in [-0.3, -0.25) is 4.79 Å². The monoisotopic (exact) mass is 515 g/mol. The quantitative estimate of drug-likeness (QED) is 0.282. The average Bonchev–Trinajstić information content (AvgIpc) is 3.16. The van der Waals surface area contributed by atoms with E-state index in [1.165, 1.54) is 22.7 Å². The van der Waals surface area contributed by atoms with Crippen molar-refractivity contribution in [3.8, 4) is 0 Å². The highest BCUT2D eigenvalue weighted by Gasteiger charge is 2.23. The molecule has 2 aromatic heterocycles. The van der Waals surface area contributed by atoms with Crippen LogP contribution in [0.25, 0.3) is 10.9 Å². The Bertz CT molecular complexity index is 1340. The number of fused-ring (bicyclic) bond motifs is 1. The molecule has 0 spiro atoms. The van der Waals surface area contributed by atoms with Crippen LogP contribution < -0.4 is 5.56 Å². The molecule has 0 aliphatic carbocycles. The second kappa shape index (κ2) is 8.65. The number of halogens is 2. The number of hydrogen-bond acceptors (Lipinski definition) is 5. The molecule has 0 fully saturated rings. The van der Waals surface area contributed by atoms with Crippen LogP contribution in [0.1, 0.15) is 32.4 Å². The van der Waals surface area contributed by atoms with Crippen molar-refractivity contribution >= 4 is 56.4 Å². The van der Waals surface area contributed by atoms with E-state index in [0.717, 1.165) is 9.37 Å². The minimum Gasteiger partial charge on any atom is -0.448 e. The van der Waals surface area contributed by atoms with Gasteiger partial charge in [-0.15, -0.1) is 0 Å². The van der Waals surface area contributed by atoms with Gasteiger partial charge < -0.3 is 4.42 Å². The van der Waals surface area contributed by atoms with Gasteiger partial charge in [-0.05, 0) is 54.6 Å². The predicted octanol–water partition coefficient (Wildman–Crippen LogP) is 6.74. The van der Waals surface area contributed by atoms with Gasteiger partial charge in [0.2, 0.25) is 0 Å². The zero-order valence-electron chi connectivity index (χ0n) is 17.1. The summed E-state index contributed by atoms with van der Waals surface area (Å²) in [6.45, 7) is 6.00. The van der Waals surface area contributed by atoms with Crippen LogP contribution in [0.2, 0.25) is 5.02 Å². The van der Waals surface area contributed by atoms with E-state index in [2.05, 4.69) is 21.0 Å². The molecule has 0 bridgehead atoms. The van der Waals surface area contributed by atoms with Crippen molar-refractivity contribution in [1.29, 1.82) is 0 Å². The average molecular weight is 517 g/mol. The van der Waals surface area contributed by atoms with Crippen molar-refractivity contribution in [3.05, 3.63) is 86.0 Å². The van der Waals surface area contributed by atoms with E-state index in [1.54, 1.807) is 6.07 Å².